The molecule has 0 bridgehead atoms. The Morgan fingerprint density at radius 3 is 2.09 bits per heavy atom. The van der Waals surface area contributed by atoms with Crippen LogP contribution in [0, 0.1) is 0 Å². The fraction of sp³-hybridized carbons (Fsp3) is 0.630. The number of phenols is 1. The number of nitrogens with zero attached hydrogens (tertiary/aromatic N) is 1. The van der Waals surface area contributed by atoms with E-state index < -0.39 is 5.97 Å². The van der Waals surface area contributed by atoms with E-state index in [1.807, 2.05) is 23.1 Å². The van der Waals surface area contributed by atoms with E-state index in [9.17, 15) is 14.7 Å². The number of aromatic hydroxyl groups is 1. The molecule has 1 aromatic carbocycles. The summed E-state index contributed by atoms with van der Waals surface area (Å²) in [6.45, 7) is 14.1. The van der Waals surface area contributed by atoms with Gasteiger partial charge in [-0.1, -0.05) is 60.8 Å². The number of carbonyl (C=O) groups excluding carboxylic acids is 1. The summed E-state index contributed by atoms with van der Waals surface area (Å²) in [6, 6.07) is 4.03. The maximum absolute atomic E-state index is 13.1. The highest BCUT2D eigenvalue weighted by molar-refractivity contribution is 8.04. The van der Waals surface area contributed by atoms with E-state index in [1.165, 1.54) is 0 Å². The molecule has 33 heavy (non-hydrogen) atoms. The summed E-state index contributed by atoms with van der Waals surface area (Å²) >= 11 is 1.61. The predicted octanol–water partition coefficient (Wildman–Crippen LogP) is 6.33. The first kappa shape index (κ1) is 27.3. The van der Waals surface area contributed by atoms with E-state index in [2.05, 4.69) is 41.5 Å². The minimum absolute atomic E-state index is 0.0832. The van der Waals surface area contributed by atoms with Crippen LogP contribution in [0.1, 0.15) is 96.8 Å². The Morgan fingerprint density at radius 2 is 1.55 bits per heavy atom. The van der Waals surface area contributed by atoms with Crippen molar-refractivity contribution in [1.82, 2.24) is 4.90 Å². The molecule has 6 heteroatoms. The second kappa shape index (κ2) is 11.5. The van der Waals surface area contributed by atoms with Crippen LogP contribution in [0.15, 0.2) is 17.0 Å². The van der Waals surface area contributed by atoms with Crippen molar-refractivity contribution < 1.29 is 19.8 Å². The molecular weight excluding hydrogens is 434 g/mol. The fourth-order valence-corrected chi connectivity index (χ4v) is 5.05. The molecule has 0 aliphatic carbocycles. The first-order chi connectivity index (χ1) is 15.3. The number of carboxylic acids is 1. The van der Waals surface area contributed by atoms with Crippen molar-refractivity contribution in [2.75, 3.05) is 18.8 Å². The predicted molar refractivity (Wildman–Crippen MR) is 138 cm³/mol. The van der Waals surface area contributed by atoms with E-state index in [0.717, 1.165) is 72.5 Å². The zero-order chi connectivity index (χ0) is 24.8. The highest BCUT2D eigenvalue weighted by atomic mass is 32.2. The molecule has 0 aromatic heterocycles. The molecule has 0 unspecified atom stereocenters. The molecule has 1 saturated heterocycles. The SMILES string of the molecule is CC(C)(C)c1cc(C=C2SCCN(CCCCCCCC(=O)O)C2=O)cc(C(C)(C)C)c1O. The van der Waals surface area contributed by atoms with Crippen molar-refractivity contribution >= 4 is 29.7 Å². The summed E-state index contributed by atoms with van der Waals surface area (Å²) in [5, 5.41) is 19.7. The third-order valence-electron chi connectivity index (χ3n) is 5.98. The van der Waals surface area contributed by atoms with E-state index in [-0.39, 0.29) is 23.2 Å². The molecule has 184 valence electrons. The van der Waals surface area contributed by atoms with Gasteiger partial charge in [0.1, 0.15) is 5.75 Å². The van der Waals surface area contributed by atoms with Gasteiger partial charge < -0.3 is 15.1 Å². The quantitative estimate of drug-likeness (QED) is 0.322. The van der Waals surface area contributed by atoms with Crippen LogP contribution in [0.5, 0.6) is 5.75 Å². The van der Waals surface area contributed by atoms with Gasteiger partial charge in [0.25, 0.3) is 5.91 Å². The molecule has 0 saturated carbocycles. The first-order valence-electron chi connectivity index (χ1n) is 12.0. The summed E-state index contributed by atoms with van der Waals surface area (Å²) in [6.07, 6.45) is 6.83. The van der Waals surface area contributed by atoms with Gasteiger partial charge in [0, 0.05) is 36.4 Å². The van der Waals surface area contributed by atoms with Crippen molar-refractivity contribution in [2.45, 2.75) is 90.9 Å². The van der Waals surface area contributed by atoms with Crippen LogP contribution in [0.4, 0.5) is 0 Å². The van der Waals surface area contributed by atoms with Crippen LogP contribution in [0.2, 0.25) is 0 Å². The second-order valence-corrected chi connectivity index (χ2v) is 12.2. The zero-order valence-corrected chi connectivity index (χ0v) is 22.0. The third-order valence-corrected chi connectivity index (χ3v) is 6.97. The van der Waals surface area contributed by atoms with Gasteiger partial charge in [-0.2, -0.15) is 0 Å². The molecule has 1 aromatic rings. The van der Waals surface area contributed by atoms with Gasteiger partial charge in [-0.3, -0.25) is 9.59 Å². The smallest absolute Gasteiger partial charge is 0.303 e. The lowest BCUT2D eigenvalue weighted by Crippen LogP contribution is -2.37. The number of rotatable bonds is 9. The first-order valence-corrected chi connectivity index (χ1v) is 13.0. The fourth-order valence-electron chi connectivity index (χ4n) is 4.05. The van der Waals surface area contributed by atoms with Gasteiger partial charge in [0.05, 0.1) is 4.91 Å². The van der Waals surface area contributed by atoms with Crippen LogP contribution >= 0.6 is 11.8 Å². The molecule has 2 N–H and O–H groups in total. The van der Waals surface area contributed by atoms with Crippen molar-refractivity contribution in [3.63, 3.8) is 0 Å². The van der Waals surface area contributed by atoms with Crippen LogP contribution in [-0.2, 0) is 20.4 Å². The lowest BCUT2D eigenvalue weighted by atomic mass is 9.78. The maximum Gasteiger partial charge on any atom is 0.303 e. The standard InChI is InChI=1S/C27H41NO4S/c1-26(2,3)20-16-19(17-21(24(20)31)27(4,5)6)18-22-25(32)28(14-15-33-22)13-11-9-7-8-10-12-23(29)30/h16-18,31H,7-15H2,1-6H3,(H,29,30). The molecule has 1 aliphatic heterocycles. The number of unbranched alkanes of at least 4 members (excludes halogenated alkanes) is 4. The summed E-state index contributed by atoms with van der Waals surface area (Å²) in [4.78, 5) is 26.4. The van der Waals surface area contributed by atoms with Crippen molar-refractivity contribution in [3.05, 3.63) is 33.7 Å². The molecule has 0 radical (unpaired) electrons. The lowest BCUT2D eigenvalue weighted by molar-refractivity contribution is -0.137. The Hall–Kier alpha value is -1.95. The minimum atomic E-state index is -0.733. The molecule has 0 atom stereocenters. The largest absolute Gasteiger partial charge is 0.507 e. The lowest BCUT2D eigenvalue weighted by Gasteiger charge is -2.29. The van der Waals surface area contributed by atoms with Gasteiger partial charge in [-0.15, -0.1) is 11.8 Å². The number of benzene rings is 1. The Balaban J connectivity index is 2.12. The normalized spacial score (nSPS) is 16.5. The number of carbonyl (C=O) groups is 2. The molecule has 1 heterocycles. The van der Waals surface area contributed by atoms with E-state index >= 15 is 0 Å². The number of hydrogen-bond acceptors (Lipinski definition) is 4. The van der Waals surface area contributed by atoms with Gasteiger partial charge in [0.2, 0.25) is 0 Å². The topological polar surface area (TPSA) is 77.8 Å². The molecular formula is C27H41NO4S. The number of aliphatic carboxylic acids is 1. The monoisotopic (exact) mass is 475 g/mol. The Morgan fingerprint density at radius 1 is 1.00 bits per heavy atom. The van der Waals surface area contributed by atoms with E-state index in [1.54, 1.807) is 11.8 Å². The van der Waals surface area contributed by atoms with Crippen LogP contribution in [0.3, 0.4) is 0 Å². The number of thioether (sulfide) groups is 1. The number of hydrogen-bond donors (Lipinski definition) is 2. The van der Waals surface area contributed by atoms with Crippen LogP contribution < -0.4 is 0 Å². The summed E-state index contributed by atoms with van der Waals surface area (Å²) in [5.41, 5.74) is 2.33. The van der Waals surface area contributed by atoms with Crippen LogP contribution in [-0.4, -0.2) is 45.8 Å². The highest BCUT2D eigenvalue weighted by Gasteiger charge is 2.28. The Bertz CT molecular complexity index is 842. The van der Waals surface area contributed by atoms with E-state index in [0.29, 0.717) is 5.75 Å². The summed E-state index contributed by atoms with van der Waals surface area (Å²) < 4.78 is 0. The summed E-state index contributed by atoms with van der Waals surface area (Å²) in [7, 11) is 0. The van der Waals surface area contributed by atoms with Gasteiger partial charge in [0.15, 0.2) is 0 Å². The molecule has 1 fully saturated rings. The number of phenolic OH excluding ortho intramolecular Hbond substituents is 1. The molecule has 1 aliphatic rings. The van der Waals surface area contributed by atoms with Crippen molar-refractivity contribution in [2.24, 2.45) is 0 Å². The van der Waals surface area contributed by atoms with Gasteiger partial charge >= 0.3 is 5.97 Å². The third kappa shape index (κ3) is 8.09. The van der Waals surface area contributed by atoms with E-state index in [4.69, 9.17) is 5.11 Å². The Kier molecular flexibility index (Phi) is 9.48. The average Bonchev–Trinajstić information content (AvgIpc) is 2.69. The molecule has 2 rings (SSSR count). The van der Waals surface area contributed by atoms with Gasteiger partial charge in [-0.25, -0.2) is 0 Å². The van der Waals surface area contributed by atoms with Crippen LogP contribution in [0.25, 0.3) is 6.08 Å². The summed E-state index contributed by atoms with van der Waals surface area (Å²) in [5.74, 6) is 0.583. The molecule has 5 nitrogen and oxygen atoms in total. The minimum Gasteiger partial charge on any atom is -0.507 e. The van der Waals surface area contributed by atoms with Gasteiger partial charge in [-0.05, 0) is 47.4 Å². The zero-order valence-electron chi connectivity index (χ0n) is 21.2. The van der Waals surface area contributed by atoms with Crippen molar-refractivity contribution in [3.8, 4) is 5.75 Å². The maximum atomic E-state index is 13.1. The Labute approximate surface area is 203 Å². The average molecular weight is 476 g/mol. The van der Waals surface area contributed by atoms with Crippen molar-refractivity contribution in [1.29, 1.82) is 0 Å². The number of carboxylic acid groups (broad SMARTS) is 1. The molecule has 0 spiro atoms. The number of amides is 1. The second-order valence-electron chi connectivity index (χ2n) is 11.0. The molecule has 1 amide bonds. The highest BCUT2D eigenvalue weighted by Crippen LogP contribution is 2.40.